The van der Waals surface area contributed by atoms with Gasteiger partial charge in [0.25, 0.3) is 0 Å². The molecule has 0 radical (unpaired) electrons. The van der Waals surface area contributed by atoms with E-state index in [1.807, 2.05) is 4.90 Å². The Bertz CT molecular complexity index is 1270. The quantitative estimate of drug-likeness (QED) is 0.422. The molecular formula is C22H25ClF2N8O2. The number of carbonyl (C=O) groups excluding carboxylic acids is 1. The monoisotopic (exact) mass is 506 g/mol. The number of carbonyl (C=O) groups is 1. The third kappa shape index (κ3) is 4.73. The van der Waals surface area contributed by atoms with Crippen LogP contribution in [0.5, 0.6) is 0 Å². The number of aromatic nitrogens is 4. The predicted molar refractivity (Wildman–Crippen MR) is 126 cm³/mol. The molecule has 0 unspecified atom stereocenters. The van der Waals surface area contributed by atoms with Crippen molar-refractivity contribution in [3.63, 3.8) is 0 Å². The van der Waals surface area contributed by atoms with Crippen molar-refractivity contribution in [3.05, 3.63) is 40.9 Å². The molecule has 1 atom stereocenters. The van der Waals surface area contributed by atoms with Gasteiger partial charge < -0.3 is 31.0 Å². The first kappa shape index (κ1) is 23.6. The van der Waals surface area contributed by atoms with Gasteiger partial charge in [-0.05, 0) is 31.4 Å². The number of nitrogen functional groups attached to an aromatic ring is 1. The minimum atomic E-state index is -2.96. The Morgan fingerprint density at radius 2 is 2.09 bits per heavy atom. The van der Waals surface area contributed by atoms with Crippen molar-refractivity contribution >= 4 is 40.2 Å². The summed E-state index contributed by atoms with van der Waals surface area (Å²) in [5.74, 6) is 0.0579. The molecular weight excluding hydrogens is 482 g/mol. The summed E-state index contributed by atoms with van der Waals surface area (Å²) in [7, 11) is 0. The molecule has 2 aliphatic rings. The fourth-order valence-corrected chi connectivity index (χ4v) is 4.62. The summed E-state index contributed by atoms with van der Waals surface area (Å²) in [4.78, 5) is 27.3. The van der Waals surface area contributed by atoms with Crippen molar-refractivity contribution < 1.29 is 18.3 Å². The zero-order valence-corrected chi connectivity index (χ0v) is 19.5. The molecule has 10 nitrogen and oxygen atoms in total. The average molecular weight is 507 g/mol. The number of nitrogens with two attached hydrogens (primary N) is 2. The van der Waals surface area contributed by atoms with Crippen molar-refractivity contribution in [2.75, 3.05) is 23.7 Å². The highest BCUT2D eigenvalue weighted by Crippen LogP contribution is 2.36. The third-order valence-electron chi connectivity index (χ3n) is 6.47. The molecule has 2 fully saturated rings. The lowest BCUT2D eigenvalue weighted by atomic mass is 9.99. The van der Waals surface area contributed by atoms with Gasteiger partial charge in [-0.2, -0.15) is 8.78 Å². The Kier molecular flexibility index (Phi) is 6.20. The van der Waals surface area contributed by atoms with Gasteiger partial charge in [0, 0.05) is 41.0 Å². The SMILES string of the molecule is Nc1ncnc2c1ncn2Cc1c(N2CC[C@](N)(C(=O)NC3CC3)C2)ccc(Cl)c1COC(F)F. The molecule has 5 N–H and O–H groups in total. The lowest BCUT2D eigenvalue weighted by Gasteiger charge is -2.27. The summed E-state index contributed by atoms with van der Waals surface area (Å²) in [5, 5.41) is 3.27. The van der Waals surface area contributed by atoms with Crippen LogP contribution in [0.15, 0.2) is 24.8 Å². The van der Waals surface area contributed by atoms with Crippen molar-refractivity contribution in [1.29, 1.82) is 0 Å². The largest absolute Gasteiger partial charge is 0.382 e. The number of anilines is 2. The third-order valence-corrected chi connectivity index (χ3v) is 6.82. The highest BCUT2D eigenvalue weighted by molar-refractivity contribution is 6.31. The lowest BCUT2D eigenvalue weighted by molar-refractivity contribution is -0.137. The summed E-state index contributed by atoms with van der Waals surface area (Å²) in [6.45, 7) is -2.37. The van der Waals surface area contributed by atoms with Crippen LogP contribution in [0.4, 0.5) is 20.3 Å². The summed E-state index contributed by atoms with van der Waals surface area (Å²) < 4.78 is 32.2. The van der Waals surface area contributed by atoms with E-state index >= 15 is 0 Å². The molecule has 1 saturated carbocycles. The zero-order valence-electron chi connectivity index (χ0n) is 18.8. The number of halogens is 3. The zero-order chi connectivity index (χ0) is 24.7. The Morgan fingerprint density at radius 3 is 2.83 bits per heavy atom. The van der Waals surface area contributed by atoms with Crippen LogP contribution in [0.25, 0.3) is 11.2 Å². The van der Waals surface area contributed by atoms with Gasteiger partial charge >= 0.3 is 6.61 Å². The number of hydrogen-bond acceptors (Lipinski definition) is 8. The molecule has 5 rings (SSSR count). The van der Waals surface area contributed by atoms with E-state index in [4.69, 9.17) is 23.1 Å². The first-order valence-corrected chi connectivity index (χ1v) is 11.6. The minimum absolute atomic E-state index is 0.174. The van der Waals surface area contributed by atoms with Gasteiger partial charge in [-0.3, -0.25) is 4.79 Å². The van der Waals surface area contributed by atoms with Crippen LogP contribution in [-0.2, 0) is 22.7 Å². The first-order valence-electron chi connectivity index (χ1n) is 11.2. The van der Waals surface area contributed by atoms with Gasteiger partial charge in [-0.1, -0.05) is 11.6 Å². The highest BCUT2D eigenvalue weighted by Gasteiger charge is 2.43. The number of fused-ring (bicyclic) bond motifs is 1. The number of amides is 1. The van der Waals surface area contributed by atoms with E-state index in [0.29, 0.717) is 35.3 Å². The molecule has 35 heavy (non-hydrogen) atoms. The molecule has 1 amide bonds. The average Bonchev–Trinajstić information content (AvgIpc) is 3.39. The topological polar surface area (TPSA) is 137 Å². The molecule has 13 heteroatoms. The predicted octanol–water partition coefficient (Wildman–Crippen LogP) is 2.04. The van der Waals surface area contributed by atoms with E-state index in [9.17, 15) is 13.6 Å². The molecule has 2 aromatic heterocycles. The Balaban J connectivity index is 1.51. The molecule has 1 saturated heterocycles. The van der Waals surface area contributed by atoms with E-state index in [1.54, 1.807) is 23.0 Å². The van der Waals surface area contributed by atoms with Crippen LogP contribution in [0.3, 0.4) is 0 Å². The van der Waals surface area contributed by atoms with Gasteiger partial charge in [-0.25, -0.2) is 15.0 Å². The number of ether oxygens (including phenoxy) is 1. The van der Waals surface area contributed by atoms with Crippen LogP contribution in [0.1, 0.15) is 30.4 Å². The molecule has 1 aromatic carbocycles. The summed E-state index contributed by atoms with van der Waals surface area (Å²) in [5.41, 5.74) is 14.0. The number of rotatable bonds is 8. The number of nitrogens with zero attached hydrogens (tertiary/aromatic N) is 5. The van der Waals surface area contributed by atoms with E-state index in [0.717, 1.165) is 18.5 Å². The van der Waals surface area contributed by atoms with Crippen LogP contribution in [-0.4, -0.2) is 56.7 Å². The van der Waals surface area contributed by atoms with Gasteiger partial charge in [0.1, 0.15) is 17.4 Å². The van der Waals surface area contributed by atoms with Crippen molar-refractivity contribution in [3.8, 4) is 0 Å². The minimum Gasteiger partial charge on any atom is -0.382 e. The summed E-state index contributed by atoms with van der Waals surface area (Å²) >= 11 is 6.44. The molecule has 186 valence electrons. The standard InChI is InChI=1S/C22H25ClF2N8O2/c23-15-3-4-16(32-6-5-22(27,9-32)20(34)31-12-1-2-12)13(14(15)8-35-21(24)25)7-33-11-30-17-18(26)28-10-29-19(17)33/h3-4,10-12,21H,1-2,5-9,27H2,(H,31,34)(H2,26,28,29)/t22-/m1/s1. The van der Waals surface area contributed by atoms with Gasteiger partial charge in [0.05, 0.1) is 19.5 Å². The maximum Gasteiger partial charge on any atom is 0.345 e. The van der Waals surface area contributed by atoms with E-state index in [1.165, 1.54) is 6.33 Å². The summed E-state index contributed by atoms with van der Waals surface area (Å²) in [6, 6.07) is 3.64. The Hall–Kier alpha value is -3.09. The van der Waals surface area contributed by atoms with E-state index in [-0.39, 0.29) is 35.9 Å². The Morgan fingerprint density at radius 1 is 1.29 bits per heavy atom. The smallest absolute Gasteiger partial charge is 0.345 e. The number of nitrogens with one attached hydrogen (secondary N) is 1. The van der Waals surface area contributed by atoms with Crippen molar-refractivity contribution in [1.82, 2.24) is 24.8 Å². The number of alkyl halides is 2. The van der Waals surface area contributed by atoms with Crippen LogP contribution < -0.4 is 21.7 Å². The maximum atomic E-state index is 12.9. The number of imidazole rings is 1. The first-order chi connectivity index (χ1) is 16.7. The fraction of sp³-hybridized carbons (Fsp3) is 0.455. The molecule has 0 spiro atoms. The van der Waals surface area contributed by atoms with Crippen molar-refractivity contribution in [2.24, 2.45) is 5.73 Å². The van der Waals surface area contributed by atoms with Gasteiger partial charge in [0.2, 0.25) is 5.91 Å². The molecule has 0 bridgehead atoms. The second-order valence-corrected chi connectivity index (χ2v) is 9.38. The van der Waals surface area contributed by atoms with Crippen LogP contribution >= 0.6 is 11.6 Å². The molecule has 1 aliphatic carbocycles. The highest BCUT2D eigenvalue weighted by atomic mass is 35.5. The van der Waals surface area contributed by atoms with Crippen molar-refractivity contribution in [2.45, 2.75) is 50.6 Å². The van der Waals surface area contributed by atoms with Crippen LogP contribution in [0, 0.1) is 0 Å². The van der Waals surface area contributed by atoms with E-state index in [2.05, 4.69) is 25.0 Å². The number of benzene rings is 1. The molecule has 1 aliphatic heterocycles. The molecule has 3 aromatic rings. The van der Waals surface area contributed by atoms with Gasteiger partial charge in [0.15, 0.2) is 11.5 Å². The summed E-state index contributed by atoms with van der Waals surface area (Å²) in [6.07, 6.45) is 5.27. The van der Waals surface area contributed by atoms with Gasteiger partial charge in [-0.15, -0.1) is 0 Å². The lowest BCUT2D eigenvalue weighted by Crippen LogP contribution is -2.56. The second-order valence-electron chi connectivity index (χ2n) is 8.97. The van der Waals surface area contributed by atoms with E-state index < -0.39 is 18.8 Å². The number of hydrogen-bond donors (Lipinski definition) is 3. The van der Waals surface area contributed by atoms with Crippen LogP contribution in [0.2, 0.25) is 5.02 Å². The maximum absolute atomic E-state index is 12.9. The second kappa shape index (κ2) is 9.17. The fourth-order valence-electron chi connectivity index (χ4n) is 4.39. The molecule has 3 heterocycles. The Labute approximate surface area is 204 Å². The normalized spacial score (nSPS) is 20.2.